The van der Waals surface area contributed by atoms with Crippen molar-refractivity contribution in [1.29, 1.82) is 0 Å². The van der Waals surface area contributed by atoms with Crippen LogP contribution in [-0.2, 0) is 6.42 Å². The number of rotatable bonds is 3. The average Bonchev–Trinajstić information content (AvgIpc) is 2.63. The van der Waals surface area contributed by atoms with Crippen LogP contribution < -0.4 is 5.73 Å². The molecule has 17 heavy (non-hydrogen) atoms. The molecule has 0 fully saturated rings. The first-order valence-electron chi connectivity index (χ1n) is 4.87. The van der Waals surface area contributed by atoms with Crippen LogP contribution in [0.2, 0.25) is 5.02 Å². The lowest BCUT2D eigenvalue weighted by Crippen LogP contribution is -2.06. The van der Waals surface area contributed by atoms with Crippen molar-refractivity contribution < 1.29 is 4.79 Å². The molecule has 0 aliphatic rings. The molecule has 2 nitrogen and oxygen atoms in total. The van der Waals surface area contributed by atoms with Crippen molar-refractivity contribution in [3.05, 3.63) is 49.6 Å². The quantitative estimate of drug-likeness (QED) is 0.678. The molecule has 0 saturated heterocycles. The summed E-state index contributed by atoms with van der Waals surface area (Å²) in [7, 11) is 0. The highest BCUT2D eigenvalue weighted by Gasteiger charge is 2.12. The van der Waals surface area contributed by atoms with Crippen molar-refractivity contribution >= 4 is 50.3 Å². The number of nitrogens with two attached hydrogens (primary N) is 1. The van der Waals surface area contributed by atoms with Crippen molar-refractivity contribution in [3.63, 3.8) is 0 Å². The maximum Gasteiger partial charge on any atom is 0.170 e. The number of nitrogen functional groups attached to an aromatic ring is 1. The minimum Gasteiger partial charge on any atom is -0.398 e. The van der Waals surface area contributed by atoms with Gasteiger partial charge >= 0.3 is 0 Å². The van der Waals surface area contributed by atoms with Gasteiger partial charge in [0.2, 0.25) is 0 Å². The topological polar surface area (TPSA) is 43.1 Å². The van der Waals surface area contributed by atoms with Crippen molar-refractivity contribution in [1.82, 2.24) is 0 Å². The van der Waals surface area contributed by atoms with Crippen molar-refractivity contribution in [2.24, 2.45) is 0 Å². The van der Waals surface area contributed by atoms with Gasteiger partial charge in [-0.25, -0.2) is 0 Å². The van der Waals surface area contributed by atoms with Gasteiger partial charge in [0.15, 0.2) is 5.78 Å². The van der Waals surface area contributed by atoms with Gasteiger partial charge in [0.1, 0.15) is 0 Å². The summed E-state index contributed by atoms with van der Waals surface area (Å²) in [4.78, 5) is 13.0. The number of hydrogen-bond donors (Lipinski definition) is 1. The number of hydrogen-bond acceptors (Lipinski definition) is 3. The zero-order chi connectivity index (χ0) is 12.4. The first kappa shape index (κ1) is 12.6. The predicted octanol–water partition coefficient (Wildman–Crippen LogP) is 4.17. The molecule has 2 aromatic rings. The molecule has 0 aliphatic heterocycles. The highest BCUT2D eigenvalue weighted by molar-refractivity contribution is 9.10. The van der Waals surface area contributed by atoms with Crippen LogP contribution in [0.3, 0.4) is 0 Å². The van der Waals surface area contributed by atoms with E-state index in [2.05, 4.69) is 15.9 Å². The molecule has 1 heterocycles. The van der Waals surface area contributed by atoms with E-state index in [1.54, 1.807) is 29.5 Å². The van der Waals surface area contributed by atoms with E-state index in [4.69, 9.17) is 17.3 Å². The summed E-state index contributed by atoms with van der Waals surface area (Å²) in [6, 6.07) is 6.88. The molecule has 0 amide bonds. The fourth-order valence-electron chi connectivity index (χ4n) is 1.49. The van der Waals surface area contributed by atoms with Crippen LogP contribution in [0, 0.1) is 0 Å². The van der Waals surface area contributed by atoms with E-state index < -0.39 is 0 Å². The number of carbonyl (C=O) groups is 1. The SMILES string of the molecule is Nc1cc(Cl)ccc1C(=O)Cc1cc(Br)cs1. The fourth-order valence-corrected chi connectivity index (χ4v) is 3.12. The van der Waals surface area contributed by atoms with Crippen LogP contribution in [0.4, 0.5) is 5.69 Å². The molecule has 0 radical (unpaired) electrons. The summed E-state index contributed by atoms with van der Waals surface area (Å²) >= 11 is 10.7. The Labute approximate surface area is 117 Å². The van der Waals surface area contributed by atoms with Crippen LogP contribution >= 0.6 is 38.9 Å². The summed E-state index contributed by atoms with van der Waals surface area (Å²) in [6.45, 7) is 0. The van der Waals surface area contributed by atoms with E-state index in [0.29, 0.717) is 22.7 Å². The van der Waals surface area contributed by atoms with Crippen LogP contribution in [0.15, 0.2) is 34.1 Å². The number of Topliss-reactive ketones (excluding diaryl/α,β-unsaturated/α-hetero) is 1. The molecule has 88 valence electrons. The Bertz CT molecular complexity index is 567. The molecule has 0 atom stereocenters. The molecular formula is C12H9BrClNOS. The summed E-state index contributed by atoms with van der Waals surface area (Å²) in [5.41, 5.74) is 6.73. The Morgan fingerprint density at radius 3 is 2.76 bits per heavy atom. The normalized spacial score (nSPS) is 10.5. The smallest absolute Gasteiger partial charge is 0.170 e. The number of thiophene rings is 1. The summed E-state index contributed by atoms with van der Waals surface area (Å²) in [5.74, 6) is 0.00789. The average molecular weight is 331 g/mol. The van der Waals surface area contributed by atoms with Gasteiger partial charge < -0.3 is 5.73 Å². The first-order valence-corrected chi connectivity index (χ1v) is 6.92. The Kier molecular flexibility index (Phi) is 3.86. The predicted molar refractivity (Wildman–Crippen MR) is 75.9 cm³/mol. The van der Waals surface area contributed by atoms with Gasteiger partial charge in [-0.05, 0) is 40.2 Å². The highest BCUT2D eigenvalue weighted by Crippen LogP contribution is 2.23. The van der Waals surface area contributed by atoms with Gasteiger partial charge in [0.05, 0.1) is 0 Å². The molecule has 5 heteroatoms. The summed E-state index contributed by atoms with van der Waals surface area (Å²) < 4.78 is 0.995. The molecule has 1 aromatic heterocycles. The Hall–Kier alpha value is -0.840. The number of benzene rings is 1. The summed E-state index contributed by atoms with van der Waals surface area (Å²) in [5, 5.41) is 2.49. The molecule has 0 bridgehead atoms. The van der Waals surface area contributed by atoms with E-state index in [0.717, 1.165) is 9.35 Å². The van der Waals surface area contributed by atoms with Crippen molar-refractivity contribution in [2.45, 2.75) is 6.42 Å². The number of anilines is 1. The Morgan fingerprint density at radius 2 is 2.18 bits per heavy atom. The monoisotopic (exact) mass is 329 g/mol. The highest BCUT2D eigenvalue weighted by atomic mass is 79.9. The lowest BCUT2D eigenvalue weighted by Gasteiger charge is -2.04. The minimum atomic E-state index is 0.00789. The lowest BCUT2D eigenvalue weighted by molar-refractivity contribution is 0.0994. The molecule has 1 aromatic carbocycles. The molecule has 0 unspecified atom stereocenters. The largest absolute Gasteiger partial charge is 0.398 e. The van der Waals surface area contributed by atoms with Gasteiger partial charge in [-0.2, -0.15) is 0 Å². The van der Waals surface area contributed by atoms with Crippen LogP contribution in [-0.4, -0.2) is 5.78 Å². The van der Waals surface area contributed by atoms with Crippen LogP contribution in [0.25, 0.3) is 0 Å². The Morgan fingerprint density at radius 1 is 1.41 bits per heavy atom. The number of carbonyl (C=O) groups excluding carboxylic acids is 1. The molecule has 2 N–H and O–H groups in total. The van der Waals surface area contributed by atoms with Gasteiger partial charge in [0.25, 0.3) is 0 Å². The molecule has 0 aliphatic carbocycles. The maximum absolute atomic E-state index is 12.0. The third-order valence-corrected chi connectivity index (χ3v) is 4.20. The third-order valence-electron chi connectivity index (χ3n) is 2.27. The van der Waals surface area contributed by atoms with Crippen molar-refractivity contribution in [3.8, 4) is 0 Å². The maximum atomic E-state index is 12.0. The number of ketones is 1. The van der Waals surface area contributed by atoms with Crippen LogP contribution in [0.5, 0.6) is 0 Å². The van der Waals surface area contributed by atoms with Crippen molar-refractivity contribution in [2.75, 3.05) is 5.73 Å². The lowest BCUT2D eigenvalue weighted by atomic mass is 10.1. The second kappa shape index (κ2) is 5.21. The van der Waals surface area contributed by atoms with E-state index in [-0.39, 0.29) is 5.78 Å². The standard InChI is InChI=1S/C12H9BrClNOS/c13-7-3-9(17-6-7)5-12(16)10-2-1-8(14)4-11(10)15/h1-4,6H,5,15H2. The Balaban J connectivity index is 2.20. The second-order valence-corrected chi connectivity index (χ2v) is 5.91. The second-order valence-electron chi connectivity index (χ2n) is 3.56. The van der Waals surface area contributed by atoms with Crippen LogP contribution in [0.1, 0.15) is 15.2 Å². The minimum absolute atomic E-state index is 0.00789. The fraction of sp³-hybridized carbons (Fsp3) is 0.0833. The zero-order valence-corrected chi connectivity index (χ0v) is 11.9. The molecule has 2 rings (SSSR count). The van der Waals surface area contributed by atoms with Gasteiger partial charge in [-0.3, -0.25) is 4.79 Å². The van der Waals surface area contributed by atoms with Gasteiger partial charge in [-0.15, -0.1) is 11.3 Å². The molecule has 0 saturated carbocycles. The zero-order valence-electron chi connectivity index (χ0n) is 8.74. The van der Waals surface area contributed by atoms with E-state index in [1.165, 1.54) is 0 Å². The van der Waals surface area contributed by atoms with E-state index in [9.17, 15) is 4.79 Å². The third kappa shape index (κ3) is 3.09. The molecule has 0 spiro atoms. The number of halogens is 2. The first-order chi connectivity index (χ1) is 8.06. The van der Waals surface area contributed by atoms with Gasteiger partial charge in [-0.1, -0.05) is 11.6 Å². The van der Waals surface area contributed by atoms with Gasteiger partial charge in [0, 0.05) is 37.4 Å². The summed E-state index contributed by atoms with van der Waals surface area (Å²) in [6.07, 6.45) is 0.363. The van der Waals surface area contributed by atoms with E-state index >= 15 is 0 Å². The van der Waals surface area contributed by atoms with E-state index in [1.807, 2.05) is 11.4 Å². The molecular weight excluding hydrogens is 322 g/mol.